The zero-order valence-electron chi connectivity index (χ0n) is 23.6. The van der Waals surface area contributed by atoms with Crippen molar-refractivity contribution in [2.75, 3.05) is 19.3 Å². The van der Waals surface area contributed by atoms with Crippen LogP contribution in [0.15, 0.2) is 47.3 Å². The van der Waals surface area contributed by atoms with Crippen molar-refractivity contribution in [2.45, 2.75) is 73.8 Å². The van der Waals surface area contributed by atoms with Gasteiger partial charge >= 0.3 is 0 Å². The Balaban J connectivity index is 0.000000722. The normalized spacial score (nSPS) is 11.9. The number of amides is 1. The Hall–Kier alpha value is -3.29. The number of anilines is 1. The molecule has 0 aliphatic carbocycles. The molecule has 0 saturated carbocycles. The number of nitrogen functional groups attached to an aromatic ring is 1. The van der Waals surface area contributed by atoms with E-state index in [0.29, 0.717) is 18.9 Å². The maximum atomic E-state index is 13.2. The molecule has 8 heteroatoms. The van der Waals surface area contributed by atoms with Gasteiger partial charge in [-0.3, -0.25) is 4.79 Å². The lowest BCUT2D eigenvalue weighted by atomic mass is 9.99. The Bertz CT molecular complexity index is 1020. The van der Waals surface area contributed by atoms with Crippen molar-refractivity contribution in [2.24, 2.45) is 16.8 Å². The average Bonchev–Trinajstić information content (AvgIpc) is 2.83. The second-order valence-corrected chi connectivity index (χ2v) is 9.62. The summed E-state index contributed by atoms with van der Waals surface area (Å²) in [6.45, 7) is 14.2. The number of nitrogens with two attached hydrogens (primary N) is 2. The number of benzene rings is 2. The number of likely N-dealkylation sites (N-methyl/N-ethyl adjacent to an activating group) is 1. The number of carbonyl (C=O) groups is 1. The highest BCUT2D eigenvalue weighted by atomic mass is 19.1. The average molecular weight is 519 g/mol. The molecule has 0 aromatic heterocycles. The summed E-state index contributed by atoms with van der Waals surface area (Å²) in [5.74, 6) is -1.28. The molecule has 0 radical (unpaired) electrons. The largest absolute Gasteiger partial charge is 0.398 e. The smallest absolute Gasteiger partial charge is 0.269 e. The summed E-state index contributed by atoms with van der Waals surface area (Å²) in [6, 6.07) is 8.80. The van der Waals surface area contributed by atoms with Gasteiger partial charge in [0.15, 0.2) is 0 Å². The topological polar surface area (TPSA) is 102 Å². The first-order chi connectivity index (χ1) is 17.3. The van der Waals surface area contributed by atoms with Gasteiger partial charge in [-0.25, -0.2) is 8.78 Å². The molecular weight excluding hydrogens is 474 g/mol. The van der Waals surface area contributed by atoms with Gasteiger partial charge in [-0.05, 0) is 73.9 Å². The van der Waals surface area contributed by atoms with E-state index in [0.717, 1.165) is 30.3 Å². The Labute approximate surface area is 221 Å². The molecule has 37 heavy (non-hydrogen) atoms. The lowest BCUT2D eigenvalue weighted by molar-refractivity contribution is -0.126. The standard InChI is InChI=1S/C15H19F2N3O2.C11H17N.C3H8/c1-9(19-22)4-5-20(3)15(21)14(18)10(2)11-6-12(16)8-13(17)7-11;1-8(2)7-10-6-4-5-9(3)11(10)12;1-3-2/h6-9H,4-5,18H2,1-3H3;4-6,8H,7,12H2,1-3H3;3H2,1-2H3/b14-10+;;. The zero-order valence-corrected chi connectivity index (χ0v) is 23.6. The third-order valence-corrected chi connectivity index (χ3v) is 5.38. The van der Waals surface area contributed by atoms with Gasteiger partial charge in [-0.15, -0.1) is 0 Å². The molecule has 4 N–H and O–H groups in total. The molecule has 1 unspecified atom stereocenters. The number of hydrogen-bond donors (Lipinski definition) is 2. The van der Waals surface area contributed by atoms with Gasteiger partial charge < -0.3 is 16.4 Å². The fourth-order valence-electron chi connectivity index (χ4n) is 3.19. The van der Waals surface area contributed by atoms with Crippen LogP contribution in [0.1, 0.15) is 71.1 Å². The van der Waals surface area contributed by atoms with Crippen molar-refractivity contribution < 1.29 is 13.6 Å². The van der Waals surface area contributed by atoms with Crippen LogP contribution in [0.2, 0.25) is 0 Å². The van der Waals surface area contributed by atoms with Crippen LogP contribution in [0.4, 0.5) is 14.5 Å². The van der Waals surface area contributed by atoms with Crippen LogP contribution in [0.3, 0.4) is 0 Å². The van der Waals surface area contributed by atoms with Gasteiger partial charge in [0.05, 0.1) is 6.04 Å². The monoisotopic (exact) mass is 518 g/mol. The highest BCUT2D eigenvalue weighted by Gasteiger charge is 2.17. The summed E-state index contributed by atoms with van der Waals surface area (Å²) in [6.07, 6.45) is 2.74. The molecule has 2 rings (SSSR count). The maximum Gasteiger partial charge on any atom is 0.269 e. The lowest BCUT2D eigenvalue weighted by Crippen LogP contribution is -2.33. The molecule has 1 amide bonds. The van der Waals surface area contributed by atoms with E-state index in [-0.39, 0.29) is 16.8 Å². The molecule has 0 bridgehead atoms. The molecule has 206 valence electrons. The predicted octanol–water partition coefficient (Wildman–Crippen LogP) is 6.85. The first-order valence-corrected chi connectivity index (χ1v) is 12.6. The number of allylic oxidation sites excluding steroid dienone is 1. The van der Waals surface area contributed by atoms with Gasteiger partial charge in [-0.2, -0.15) is 4.91 Å². The van der Waals surface area contributed by atoms with Crippen molar-refractivity contribution in [1.29, 1.82) is 0 Å². The molecule has 0 fully saturated rings. The first kappa shape index (κ1) is 33.7. The van der Waals surface area contributed by atoms with E-state index in [9.17, 15) is 18.5 Å². The minimum Gasteiger partial charge on any atom is -0.398 e. The molecule has 0 saturated heterocycles. The van der Waals surface area contributed by atoms with Gasteiger partial charge in [0, 0.05) is 25.3 Å². The van der Waals surface area contributed by atoms with Crippen molar-refractivity contribution in [1.82, 2.24) is 4.90 Å². The van der Waals surface area contributed by atoms with Crippen molar-refractivity contribution in [3.63, 3.8) is 0 Å². The number of para-hydroxylation sites is 1. The predicted molar refractivity (Wildman–Crippen MR) is 151 cm³/mol. The minimum atomic E-state index is -0.742. The van der Waals surface area contributed by atoms with Gasteiger partial charge in [0.2, 0.25) is 0 Å². The van der Waals surface area contributed by atoms with E-state index < -0.39 is 23.6 Å². The molecule has 0 aliphatic rings. The minimum absolute atomic E-state index is 0.0979. The van der Waals surface area contributed by atoms with Crippen molar-refractivity contribution in [3.05, 3.63) is 75.3 Å². The molecule has 2 aromatic carbocycles. The fraction of sp³-hybridized carbons (Fsp3) is 0.483. The number of nitrogens with zero attached hydrogens (tertiary/aromatic N) is 2. The number of carbonyl (C=O) groups excluding carboxylic acids is 1. The molecule has 2 aromatic rings. The van der Waals surface area contributed by atoms with Crippen LogP contribution in [0.25, 0.3) is 5.57 Å². The SMILES string of the molecule is C/C(=C(\N)C(=O)N(C)CCC(C)N=O)c1cc(F)cc(F)c1.CCC.Cc1cccc(CC(C)C)c1N. The van der Waals surface area contributed by atoms with Crippen LogP contribution in [0.5, 0.6) is 0 Å². The third kappa shape index (κ3) is 12.5. The quantitative estimate of drug-likeness (QED) is 0.227. The Morgan fingerprint density at radius 2 is 1.62 bits per heavy atom. The molecule has 1 atom stereocenters. The summed E-state index contributed by atoms with van der Waals surface area (Å²) in [5, 5.41) is 2.85. The van der Waals surface area contributed by atoms with Gasteiger partial charge in [-0.1, -0.05) is 57.5 Å². The molecular formula is C29H44F2N4O2. The lowest BCUT2D eigenvalue weighted by Gasteiger charge is -2.19. The van der Waals surface area contributed by atoms with Crippen LogP contribution in [-0.4, -0.2) is 30.4 Å². The molecule has 6 nitrogen and oxygen atoms in total. The second-order valence-electron chi connectivity index (χ2n) is 9.62. The zero-order chi connectivity index (χ0) is 28.7. The number of hydrogen-bond acceptors (Lipinski definition) is 5. The van der Waals surface area contributed by atoms with Gasteiger partial charge in [0.25, 0.3) is 5.91 Å². The summed E-state index contributed by atoms with van der Waals surface area (Å²) in [4.78, 5) is 23.8. The number of aryl methyl sites for hydroxylation is 1. The molecule has 0 spiro atoms. The number of nitroso groups, excluding NO2 is 1. The highest BCUT2D eigenvalue weighted by molar-refractivity contribution is 5.99. The molecule has 0 heterocycles. The van der Waals surface area contributed by atoms with Crippen LogP contribution >= 0.6 is 0 Å². The fourth-order valence-corrected chi connectivity index (χ4v) is 3.19. The maximum absolute atomic E-state index is 13.2. The molecule has 0 aliphatic heterocycles. The van der Waals surface area contributed by atoms with E-state index in [2.05, 4.69) is 58.0 Å². The van der Waals surface area contributed by atoms with E-state index in [1.54, 1.807) is 6.92 Å². The van der Waals surface area contributed by atoms with E-state index in [4.69, 9.17) is 11.5 Å². The summed E-state index contributed by atoms with van der Waals surface area (Å²) < 4.78 is 26.4. The number of rotatable bonds is 8. The Morgan fingerprint density at radius 3 is 2.11 bits per heavy atom. The van der Waals surface area contributed by atoms with Crippen LogP contribution in [-0.2, 0) is 11.2 Å². The Kier molecular flexibility index (Phi) is 15.7. The van der Waals surface area contributed by atoms with E-state index in [1.807, 2.05) is 0 Å². The van der Waals surface area contributed by atoms with E-state index in [1.165, 1.54) is 36.4 Å². The summed E-state index contributed by atoms with van der Waals surface area (Å²) in [5.41, 5.74) is 15.6. The summed E-state index contributed by atoms with van der Waals surface area (Å²) >= 11 is 0. The first-order valence-electron chi connectivity index (χ1n) is 12.6. The van der Waals surface area contributed by atoms with Crippen LogP contribution < -0.4 is 11.5 Å². The second kappa shape index (κ2) is 17.2. The van der Waals surface area contributed by atoms with Crippen molar-refractivity contribution >= 4 is 17.2 Å². The van der Waals surface area contributed by atoms with Crippen molar-refractivity contribution in [3.8, 4) is 0 Å². The third-order valence-electron chi connectivity index (χ3n) is 5.38. The highest BCUT2D eigenvalue weighted by Crippen LogP contribution is 2.20. The summed E-state index contributed by atoms with van der Waals surface area (Å²) in [7, 11) is 1.53. The van der Waals surface area contributed by atoms with Crippen LogP contribution in [0, 0.1) is 29.4 Å². The Morgan fingerprint density at radius 1 is 1.08 bits per heavy atom. The number of halogens is 2. The van der Waals surface area contributed by atoms with E-state index >= 15 is 0 Å². The van der Waals surface area contributed by atoms with Gasteiger partial charge in [0.1, 0.15) is 17.3 Å².